The van der Waals surface area contributed by atoms with E-state index in [-0.39, 0.29) is 16.4 Å². The predicted octanol–water partition coefficient (Wildman–Crippen LogP) is 15.6. The molecule has 0 unspecified atom stereocenters. The zero-order valence-electron chi connectivity index (χ0n) is 39.4. The van der Waals surface area contributed by atoms with E-state index in [1.165, 1.54) is 35.1 Å². The van der Waals surface area contributed by atoms with Gasteiger partial charge in [-0.3, -0.25) is 4.57 Å². The number of anilines is 4. The second-order valence-corrected chi connectivity index (χ2v) is 18.6. The molecule has 0 bridgehead atoms. The standard InChI is InChI=1S/C57H51FN4O/c1-37-27-55(59-35-50(37)40-17-13-18-43(58)28-40)62-51-26-23-39(38-15-9-8-10-16-38)29-49(51)48-25-24-47(34-54(48)62)63-46-20-14-19-44(33-46)60-36-61(53-22-12-11-21-52(53)60)45-31-41(56(2,3)4)30-42(32-45)57(5,6)7/h8-35H,36H2,1-7H3/i1D3. The van der Waals surface area contributed by atoms with Gasteiger partial charge in [0.25, 0.3) is 0 Å². The van der Waals surface area contributed by atoms with E-state index in [4.69, 9.17) is 13.8 Å². The van der Waals surface area contributed by atoms with Gasteiger partial charge in [0.1, 0.15) is 29.8 Å². The molecule has 9 aromatic rings. The number of hydrogen-bond donors (Lipinski definition) is 0. The summed E-state index contributed by atoms with van der Waals surface area (Å²) < 4.78 is 48.8. The smallest absolute Gasteiger partial charge is 0.137 e. The molecule has 0 fully saturated rings. The quantitative estimate of drug-likeness (QED) is 0.160. The van der Waals surface area contributed by atoms with Gasteiger partial charge in [0.05, 0.1) is 22.4 Å². The Kier molecular flexibility index (Phi) is 8.87. The third-order valence-corrected chi connectivity index (χ3v) is 12.2. The average Bonchev–Trinajstić information content (AvgIpc) is 3.84. The van der Waals surface area contributed by atoms with E-state index in [0.717, 1.165) is 50.0 Å². The zero-order chi connectivity index (χ0) is 46.1. The molecule has 0 radical (unpaired) electrons. The molecule has 1 aliphatic rings. The maximum atomic E-state index is 14.4. The number of ether oxygens (including phenoxy) is 1. The lowest BCUT2D eigenvalue weighted by Gasteiger charge is -2.29. The molecule has 63 heavy (non-hydrogen) atoms. The van der Waals surface area contributed by atoms with Gasteiger partial charge in [0.15, 0.2) is 0 Å². The summed E-state index contributed by atoms with van der Waals surface area (Å²) in [6, 6.07) is 53.9. The van der Waals surface area contributed by atoms with Crippen molar-refractivity contribution in [1.82, 2.24) is 9.55 Å². The summed E-state index contributed by atoms with van der Waals surface area (Å²) in [5.41, 5.74) is 11.6. The average molecular weight is 830 g/mol. The fraction of sp³-hybridized carbons (Fsp3) is 0.175. The Hall–Kier alpha value is -7.18. The highest BCUT2D eigenvalue weighted by molar-refractivity contribution is 6.10. The summed E-state index contributed by atoms with van der Waals surface area (Å²) in [6.07, 6.45) is 1.54. The molecule has 0 spiro atoms. The second-order valence-electron chi connectivity index (χ2n) is 18.6. The van der Waals surface area contributed by atoms with Crippen LogP contribution in [0.15, 0.2) is 170 Å². The van der Waals surface area contributed by atoms with Gasteiger partial charge in [0.2, 0.25) is 0 Å². The summed E-state index contributed by atoms with van der Waals surface area (Å²) in [7, 11) is 0. The van der Waals surface area contributed by atoms with E-state index in [2.05, 4.69) is 142 Å². The minimum absolute atomic E-state index is 0.0187. The van der Waals surface area contributed by atoms with Crippen molar-refractivity contribution in [3.05, 3.63) is 192 Å². The van der Waals surface area contributed by atoms with Gasteiger partial charge >= 0.3 is 0 Å². The molecule has 0 saturated carbocycles. The number of nitrogens with zero attached hydrogens (tertiary/aromatic N) is 4. The van der Waals surface area contributed by atoms with Gasteiger partial charge in [-0.1, -0.05) is 114 Å². The first-order valence-corrected chi connectivity index (χ1v) is 21.5. The van der Waals surface area contributed by atoms with Crippen molar-refractivity contribution in [3.8, 4) is 39.6 Å². The van der Waals surface area contributed by atoms with Crippen LogP contribution in [0, 0.1) is 12.7 Å². The van der Waals surface area contributed by atoms with Crippen molar-refractivity contribution in [2.24, 2.45) is 0 Å². The Bertz CT molecular complexity index is 3280. The Balaban J connectivity index is 1.05. The molecular weight excluding hydrogens is 776 g/mol. The molecule has 6 heteroatoms. The maximum Gasteiger partial charge on any atom is 0.137 e. The first-order chi connectivity index (χ1) is 31.5. The van der Waals surface area contributed by atoms with Gasteiger partial charge in [-0.2, -0.15) is 0 Å². The van der Waals surface area contributed by atoms with Gasteiger partial charge in [-0.05, 0) is 130 Å². The number of para-hydroxylation sites is 2. The molecule has 3 heterocycles. The molecule has 7 aromatic carbocycles. The molecule has 0 amide bonds. The van der Waals surface area contributed by atoms with Crippen LogP contribution in [0.2, 0.25) is 0 Å². The Labute approximate surface area is 373 Å². The minimum Gasteiger partial charge on any atom is -0.457 e. The van der Waals surface area contributed by atoms with Gasteiger partial charge in [0, 0.05) is 50.2 Å². The normalized spacial score (nSPS) is 13.9. The number of hydrogen-bond acceptors (Lipinski definition) is 4. The molecule has 0 aliphatic carbocycles. The SMILES string of the molecule is [2H]C([2H])([2H])c1cc(-n2c3ccc(-c4ccccc4)cc3c3ccc(Oc4cccc(N5CN(c6cc(C(C)(C)C)cc(C(C)(C)C)c6)c6ccccc65)c4)cc32)ncc1-c1cccc(F)c1. The van der Waals surface area contributed by atoms with Crippen molar-refractivity contribution in [2.75, 3.05) is 16.5 Å². The van der Waals surface area contributed by atoms with Crippen LogP contribution in [0.5, 0.6) is 11.5 Å². The van der Waals surface area contributed by atoms with Crippen LogP contribution in [0.1, 0.15) is 62.3 Å². The molecule has 10 rings (SSSR count). The highest BCUT2D eigenvalue weighted by atomic mass is 19.1. The van der Waals surface area contributed by atoms with Crippen LogP contribution in [0.3, 0.4) is 0 Å². The number of fused-ring (bicyclic) bond motifs is 4. The van der Waals surface area contributed by atoms with Crippen molar-refractivity contribution < 1.29 is 13.2 Å². The van der Waals surface area contributed by atoms with Crippen molar-refractivity contribution >= 4 is 44.6 Å². The van der Waals surface area contributed by atoms with Crippen molar-refractivity contribution in [2.45, 2.75) is 59.2 Å². The van der Waals surface area contributed by atoms with Crippen molar-refractivity contribution in [1.29, 1.82) is 0 Å². The highest BCUT2D eigenvalue weighted by Gasteiger charge is 2.30. The number of benzene rings is 7. The van der Waals surface area contributed by atoms with Crippen LogP contribution in [0.4, 0.5) is 27.1 Å². The van der Waals surface area contributed by atoms with E-state index < -0.39 is 12.7 Å². The number of aromatic nitrogens is 2. The highest BCUT2D eigenvalue weighted by Crippen LogP contribution is 2.47. The largest absolute Gasteiger partial charge is 0.457 e. The lowest BCUT2D eigenvalue weighted by atomic mass is 9.80. The van der Waals surface area contributed by atoms with Crippen LogP contribution in [-0.2, 0) is 10.8 Å². The van der Waals surface area contributed by atoms with Crippen LogP contribution >= 0.6 is 0 Å². The number of halogens is 1. The second kappa shape index (κ2) is 15.3. The summed E-state index contributed by atoms with van der Waals surface area (Å²) in [5.74, 6) is 1.25. The maximum absolute atomic E-state index is 14.4. The van der Waals surface area contributed by atoms with Gasteiger partial charge in [-0.15, -0.1) is 0 Å². The minimum atomic E-state index is -2.50. The van der Waals surface area contributed by atoms with E-state index in [9.17, 15) is 4.39 Å². The molecule has 1 aliphatic heterocycles. The van der Waals surface area contributed by atoms with Crippen LogP contribution in [-0.4, -0.2) is 16.2 Å². The zero-order valence-corrected chi connectivity index (χ0v) is 36.4. The number of aryl methyl sites for hydroxylation is 1. The summed E-state index contributed by atoms with van der Waals surface area (Å²) in [6.45, 7) is 11.8. The Morgan fingerprint density at radius 3 is 1.95 bits per heavy atom. The fourth-order valence-corrected chi connectivity index (χ4v) is 8.71. The molecule has 5 nitrogen and oxygen atoms in total. The molecule has 0 atom stereocenters. The lowest BCUT2D eigenvalue weighted by Crippen LogP contribution is -2.25. The number of pyridine rings is 1. The summed E-state index contributed by atoms with van der Waals surface area (Å²) in [5, 5.41) is 1.93. The number of rotatable bonds is 7. The van der Waals surface area contributed by atoms with E-state index in [0.29, 0.717) is 35.1 Å². The van der Waals surface area contributed by atoms with Gasteiger partial charge < -0.3 is 14.5 Å². The topological polar surface area (TPSA) is 33.5 Å². The first-order valence-electron chi connectivity index (χ1n) is 23.0. The summed E-state index contributed by atoms with van der Waals surface area (Å²) >= 11 is 0. The Morgan fingerprint density at radius 1 is 0.556 bits per heavy atom. The van der Waals surface area contributed by atoms with E-state index in [1.807, 2.05) is 47.0 Å². The molecule has 2 aromatic heterocycles. The van der Waals surface area contributed by atoms with E-state index in [1.54, 1.807) is 18.2 Å². The van der Waals surface area contributed by atoms with Gasteiger partial charge in [-0.25, -0.2) is 9.37 Å². The van der Waals surface area contributed by atoms with Crippen LogP contribution in [0.25, 0.3) is 49.9 Å². The third kappa shape index (κ3) is 7.50. The monoisotopic (exact) mass is 829 g/mol. The van der Waals surface area contributed by atoms with Crippen LogP contribution < -0.4 is 14.5 Å². The van der Waals surface area contributed by atoms with Crippen molar-refractivity contribution in [3.63, 3.8) is 0 Å². The molecule has 0 saturated heterocycles. The fourth-order valence-electron chi connectivity index (χ4n) is 8.71. The lowest BCUT2D eigenvalue weighted by molar-refractivity contribution is 0.483. The molecule has 312 valence electrons. The third-order valence-electron chi connectivity index (χ3n) is 12.2. The molecule has 0 N–H and O–H groups in total. The Morgan fingerprint density at radius 2 is 1.24 bits per heavy atom. The predicted molar refractivity (Wildman–Crippen MR) is 260 cm³/mol. The molecular formula is C57H51FN4O. The summed E-state index contributed by atoms with van der Waals surface area (Å²) in [4.78, 5) is 9.60. The van der Waals surface area contributed by atoms with E-state index >= 15 is 0 Å². The first kappa shape index (κ1) is 36.5.